The van der Waals surface area contributed by atoms with Gasteiger partial charge in [-0.1, -0.05) is 18.2 Å². The summed E-state index contributed by atoms with van der Waals surface area (Å²) in [7, 11) is 0. The SMILES string of the molecule is Cc1nn(-c2ccc(F)cc2)c(C)c1CC(=O)N1CCN(c2ccccc2)CC1. The predicted octanol–water partition coefficient (Wildman–Crippen LogP) is 3.52. The Hall–Kier alpha value is -3.15. The van der Waals surface area contributed by atoms with Crippen molar-refractivity contribution in [3.63, 3.8) is 0 Å². The minimum Gasteiger partial charge on any atom is -0.368 e. The van der Waals surface area contributed by atoms with E-state index in [1.807, 2.05) is 36.9 Å². The third-order valence-corrected chi connectivity index (χ3v) is 5.59. The first-order valence-electron chi connectivity index (χ1n) is 9.92. The van der Waals surface area contributed by atoms with Gasteiger partial charge in [0.1, 0.15) is 5.82 Å². The topological polar surface area (TPSA) is 41.4 Å². The minimum absolute atomic E-state index is 0.127. The number of benzene rings is 2. The average molecular weight is 392 g/mol. The summed E-state index contributed by atoms with van der Waals surface area (Å²) >= 11 is 0. The summed E-state index contributed by atoms with van der Waals surface area (Å²) in [5, 5.41) is 4.58. The van der Waals surface area contributed by atoms with E-state index in [4.69, 9.17) is 0 Å². The van der Waals surface area contributed by atoms with Gasteiger partial charge >= 0.3 is 0 Å². The molecule has 1 aliphatic rings. The Morgan fingerprint density at radius 3 is 2.24 bits per heavy atom. The fraction of sp³-hybridized carbons (Fsp3) is 0.304. The van der Waals surface area contributed by atoms with Gasteiger partial charge in [0.2, 0.25) is 5.91 Å². The second-order valence-electron chi connectivity index (χ2n) is 7.42. The van der Waals surface area contributed by atoms with Crippen molar-refractivity contribution >= 4 is 11.6 Å². The van der Waals surface area contributed by atoms with Crippen LogP contribution in [0.3, 0.4) is 0 Å². The molecule has 1 saturated heterocycles. The van der Waals surface area contributed by atoms with Crippen LogP contribution < -0.4 is 4.90 Å². The van der Waals surface area contributed by atoms with Gasteiger partial charge in [0.15, 0.2) is 0 Å². The van der Waals surface area contributed by atoms with Crippen LogP contribution in [-0.2, 0) is 11.2 Å². The normalized spacial score (nSPS) is 14.3. The molecular formula is C23H25FN4O. The molecule has 4 rings (SSSR count). The molecule has 6 heteroatoms. The Labute approximate surface area is 170 Å². The lowest BCUT2D eigenvalue weighted by Crippen LogP contribution is -2.49. The van der Waals surface area contributed by atoms with E-state index in [-0.39, 0.29) is 11.7 Å². The summed E-state index contributed by atoms with van der Waals surface area (Å²) < 4.78 is 15.0. The maximum atomic E-state index is 13.2. The monoisotopic (exact) mass is 392 g/mol. The molecule has 1 fully saturated rings. The zero-order valence-electron chi connectivity index (χ0n) is 16.8. The number of amides is 1. The molecule has 0 radical (unpaired) electrons. The summed E-state index contributed by atoms with van der Waals surface area (Å²) in [4.78, 5) is 17.2. The summed E-state index contributed by atoms with van der Waals surface area (Å²) in [6.45, 7) is 6.99. The summed E-state index contributed by atoms with van der Waals surface area (Å²) in [5.74, 6) is -0.150. The average Bonchev–Trinajstić information content (AvgIpc) is 3.03. The Balaban J connectivity index is 1.43. The fourth-order valence-electron chi connectivity index (χ4n) is 3.88. The van der Waals surface area contributed by atoms with E-state index in [0.29, 0.717) is 6.42 Å². The number of nitrogens with zero attached hydrogens (tertiary/aromatic N) is 4. The maximum Gasteiger partial charge on any atom is 0.227 e. The molecule has 5 nitrogen and oxygen atoms in total. The molecule has 0 unspecified atom stereocenters. The van der Waals surface area contributed by atoms with Crippen molar-refractivity contribution in [3.8, 4) is 5.69 Å². The Morgan fingerprint density at radius 1 is 0.931 bits per heavy atom. The Morgan fingerprint density at radius 2 is 1.59 bits per heavy atom. The zero-order valence-corrected chi connectivity index (χ0v) is 16.8. The van der Waals surface area contributed by atoms with Crippen LogP contribution in [0.1, 0.15) is 17.0 Å². The van der Waals surface area contributed by atoms with Crippen LogP contribution in [0.4, 0.5) is 10.1 Å². The highest BCUT2D eigenvalue weighted by molar-refractivity contribution is 5.79. The van der Waals surface area contributed by atoms with Crippen molar-refractivity contribution in [1.29, 1.82) is 0 Å². The third kappa shape index (κ3) is 4.01. The van der Waals surface area contributed by atoms with Crippen molar-refractivity contribution < 1.29 is 9.18 Å². The quantitative estimate of drug-likeness (QED) is 0.682. The number of rotatable bonds is 4. The second kappa shape index (κ2) is 8.07. The van der Waals surface area contributed by atoms with Gasteiger partial charge in [-0.15, -0.1) is 0 Å². The molecule has 0 bridgehead atoms. The highest BCUT2D eigenvalue weighted by atomic mass is 19.1. The lowest BCUT2D eigenvalue weighted by molar-refractivity contribution is -0.130. The summed E-state index contributed by atoms with van der Waals surface area (Å²) in [5.41, 5.74) is 4.70. The van der Waals surface area contributed by atoms with Crippen LogP contribution >= 0.6 is 0 Å². The first-order chi connectivity index (χ1) is 14.0. The van der Waals surface area contributed by atoms with Crippen molar-refractivity contribution in [2.45, 2.75) is 20.3 Å². The van der Waals surface area contributed by atoms with Gasteiger partial charge < -0.3 is 9.80 Å². The first kappa shape index (κ1) is 19.2. The van der Waals surface area contributed by atoms with Gasteiger partial charge in [-0.05, 0) is 50.2 Å². The standard InChI is InChI=1S/C23H25FN4O/c1-17-22(18(2)28(25-17)21-10-8-19(24)9-11-21)16-23(29)27-14-12-26(13-15-27)20-6-4-3-5-7-20/h3-11H,12-16H2,1-2H3. The van der Waals surface area contributed by atoms with E-state index in [2.05, 4.69) is 22.1 Å². The number of para-hydroxylation sites is 1. The van der Waals surface area contributed by atoms with Crippen LogP contribution in [0.2, 0.25) is 0 Å². The van der Waals surface area contributed by atoms with Crippen molar-refractivity contribution in [3.05, 3.63) is 77.4 Å². The first-order valence-corrected chi connectivity index (χ1v) is 9.92. The number of carbonyl (C=O) groups excluding carboxylic acids is 1. The smallest absolute Gasteiger partial charge is 0.227 e. The van der Waals surface area contributed by atoms with E-state index >= 15 is 0 Å². The van der Waals surface area contributed by atoms with E-state index in [0.717, 1.165) is 48.8 Å². The Bertz CT molecular complexity index is 990. The largest absolute Gasteiger partial charge is 0.368 e. The van der Waals surface area contributed by atoms with Crippen molar-refractivity contribution in [2.75, 3.05) is 31.1 Å². The minimum atomic E-state index is -0.277. The molecule has 0 N–H and O–H groups in total. The van der Waals surface area contributed by atoms with Crippen molar-refractivity contribution in [1.82, 2.24) is 14.7 Å². The van der Waals surface area contributed by atoms with Gasteiger partial charge in [0, 0.05) is 43.1 Å². The lowest BCUT2D eigenvalue weighted by atomic mass is 10.1. The maximum absolute atomic E-state index is 13.2. The summed E-state index contributed by atoms with van der Waals surface area (Å²) in [6.07, 6.45) is 0.337. The number of carbonyl (C=O) groups is 1. The molecule has 150 valence electrons. The molecule has 1 aromatic heterocycles. The molecule has 0 atom stereocenters. The van der Waals surface area contributed by atoms with Gasteiger partial charge in [-0.25, -0.2) is 9.07 Å². The zero-order chi connectivity index (χ0) is 20.4. The number of aryl methyl sites for hydroxylation is 1. The van der Waals surface area contributed by atoms with E-state index in [1.54, 1.807) is 16.8 Å². The molecule has 2 aromatic carbocycles. The van der Waals surface area contributed by atoms with E-state index < -0.39 is 0 Å². The van der Waals surface area contributed by atoms with Crippen LogP contribution in [0.5, 0.6) is 0 Å². The fourth-order valence-corrected chi connectivity index (χ4v) is 3.88. The molecule has 1 amide bonds. The van der Waals surface area contributed by atoms with Gasteiger partial charge in [0.25, 0.3) is 0 Å². The number of piperazine rings is 1. The number of anilines is 1. The number of hydrogen-bond donors (Lipinski definition) is 0. The van der Waals surface area contributed by atoms with Crippen LogP contribution in [0.15, 0.2) is 54.6 Å². The second-order valence-corrected chi connectivity index (χ2v) is 7.42. The van der Waals surface area contributed by atoms with Crippen LogP contribution in [-0.4, -0.2) is 46.8 Å². The van der Waals surface area contributed by atoms with Crippen LogP contribution in [0, 0.1) is 19.7 Å². The van der Waals surface area contributed by atoms with E-state index in [1.165, 1.54) is 17.8 Å². The van der Waals surface area contributed by atoms with Crippen molar-refractivity contribution in [2.24, 2.45) is 0 Å². The van der Waals surface area contributed by atoms with Gasteiger partial charge in [-0.3, -0.25) is 4.79 Å². The number of aromatic nitrogens is 2. The third-order valence-electron chi connectivity index (χ3n) is 5.59. The molecule has 0 spiro atoms. The van der Waals surface area contributed by atoms with Gasteiger partial charge in [0.05, 0.1) is 17.8 Å². The van der Waals surface area contributed by atoms with Gasteiger partial charge in [-0.2, -0.15) is 5.10 Å². The molecule has 0 aliphatic carbocycles. The Kier molecular flexibility index (Phi) is 5.34. The summed E-state index contributed by atoms with van der Waals surface area (Å²) in [6, 6.07) is 16.5. The van der Waals surface area contributed by atoms with E-state index in [9.17, 15) is 9.18 Å². The molecule has 1 aliphatic heterocycles. The number of halogens is 1. The van der Waals surface area contributed by atoms with Crippen LogP contribution in [0.25, 0.3) is 5.69 Å². The highest BCUT2D eigenvalue weighted by Gasteiger charge is 2.24. The molecule has 3 aromatic rings. The molecule has 0 saturated carbocycles. The highest BCUT2D eigenvalue weighted by Crippen LogP contribution is 2.21. The molecule has 29 heavy (non-hydrogen) atoms. The predicted molar refractivity (Wildman–Crippen MR) is 112 cm³/mol. The number of hydrogen-bond acceptors (Lipinski definition) is 3. The molecular weight excluding hydrogens is 367 g/mol. The lowest BCUT2D eigenvalue weighted by Gasteiger charge is -2.36. The molecule has 2 heterocycles.